The van der Waals surface area contributed by atoms with Crippen LogP contribution in [-0.2, 0) is 0 Å². The van der Waals surface area contributed by atoms with Gasteiger partial charge in [0.2, 0.25) is 0 Å². The molecule has 32 heteroatoms. The molecule has 10 aromatic heterocycles. The molecular weight excluding hydrogens is 1760 g/mol. The number of nitriles is 10. The van der Waals surface area contributed by atoms with Crippen LogP contribution in [0.4, 0.5) is 39.6 Å². The zero-order valence-corrected chi connectivity index (χ0v) is 76.8. The Morgan fingerprint density at radius 3 is 0.807 bits per heavy atom. The van der Waals surface area contributed by atoms with Crippen LogP contribution in [0.15, 0.2) is 231 Å². The van der Waals surface area contributed by atoms with Crippen molar-refractivity contribution in [2.75, 3.05) is 81.6 Å². The summed E-state index contributed by atoms with van der Waals surface area (Å²) < 4.78 is 30.0. The summed E-state index contributed by atoms with van der Waals surface area (Å²) in [6.07, 6.45) is -0.568. The monoisotopic (exact) mass is 1840 g/mol. The molecule has 0 fully saturated rings. The number of rotatable bonds is 13. The van der Waals surface area contributed by atoms with Gasteiger partial charge in [-0.25, -0.2) is 29.7 Å². The Balaban J connectivity index is 0.000000127. The van der Waals surface area contributed by atoms with Gasteiger partial charge in [-0.05, 0) is 159 Å². The van der Waals surface area contributed by atoms with Crippen LogP contribution in [0.5, 0.6) is 23.0 Å². The van der Waals surface area contributed by atoms with Crippen LogP contribution in [-0.4, -0.2) is 106 Å². The predicted molar refractivity (Wildman–Crippen MR) is 537 cm³/mol. The average molecular weight is 1840 g/mol. The number of hydrogen-bond acceptors (Lipinski definition) is 26. The topological polar surface area (TPSA) is 515 Å². The normalized spacial score (nSPS) is 10.7. The number of methoxy groups -OCH3 is 2. The van der Waals surface area contributed by atoms with E-state index in [1.165, 1.54) is 12.0 Å². The molecule has 0 bridgehead atoms. The predicted octanol–water partition coefficient (Wildman–Crippen LogP) is 19.3. The lowest BCUT2D eigenvalue weighted by Gasteiger charge is -2.21. The van der Waals surface area contributed by atoms with E-state index in [1.54, 1.807) is 79.6 Å². The highest BCUT2D eigenvalue weighted by atomic mass is 16.6. The maximum Gasteiger partial charge on any atom is 0.414 e. The Morgan fingerprint density at radius 1 is 0.314 bits per heavy atom. The minimum Gasteiger partial charge on any atom is -0.493 e. The molecule has 0 aliphatic heterocycles. The van der Waals surface area contributed by atoms with Gasteiger partial charge in [0.15, 0.2) is 51.2 Å². The van der Waals surface area contributed by atoms with Gasteiger partial charge in [-0.15, -0.1) is 0 Å². The third-order valence-electron chi connectivity index (χ3n) is 23.8. The summed E-state index contributed by atoms with van der Waals surface area (Å²) >= 11 is 0. The third-order valence-corrected chi connectivity index (χ3v) is 23.8. The lowest BCUT2D eigenvalue weighted by Crippen LogP contribution is -2.25. The minimum absolute atomic E-state index is 0.136. The standard InChI is InChI=1S/C23H18N6O3.C23H20N6.C22H17N5O2.2C20H13N5/c1-28(2)23(30)32-18-9-8-13(10-19(18)31-3)20-14(11-24)21(26)29-17-7-5-4-6-16(17)27-22(29)15(20)12-25;1-3-28(4-2)16-11-9-15(10-12-16)21-17(13-24)22(26)29-20-8-6-5-7-19(20)27-23(29)18(21)14-25;1-3-29-19-10-13(8-9-18(19)28-2)20-14(11-23)21(25)27-17-7-5-4-6-16(17)26-22(27)15(20)12-24;2*1-12-6-8-13(9-7-12)18-14(10-21)19(23)25-17-5-3-2-4-16(17)24-20(25)15(18)11-22/h4-10H,26H2,1-3H3;5-12H,3-4,26H2,1-2H3;4-10H,3,25H2,1-2H3;2*2-9H,23H2,1H3. The summed E-state index contributed by atoms with van der Waals surface area (Å²) in [6.45, 7) is 12.3. The Kier molecular flexibility index (Phi) is 25.8. The summed E-state index contributed by atoms with van der Waals surface area (Å²) in [5, 5.41) is 98.8. The molecule has 10 heterocycles. The van der Waals surface area contributed by atoms with E-state index in [4.69, 9.17) is 47.6 Å². The fourth-order valence-electron chi connectivity index (χ4n) is 17.2. The number of imidazole rings is 5. The third kappa shape index (κ3) is 16.2. The zero-order valence-electron chi connectivity index (χ0n) is 76.8. The number of nitrogen functional groups attached to an aromatic ring is 5. The molecule has 10 aromatic carbocycles. The number of aromatic nitrogens is 10. The Morgan fingerprint density at radius 2 is 0.557 bits per heavy atom. The molecule has 10 N–H and O–H groups in total. The number of hydrogen-bond donors (Lipinski definition) is 5. The van der Waals surface area contributed by atoms with Gasteiger partial charge in [0, 0.05) is 60.7 Å². The molecule has 0 saturated carbocycles. The first-order chi connectivity index (χ1) is 68.0. The summed E-state index contributed by atoms with van der Waals surface area (Å²) in [7, 11) is 6.11. The maximum atomic E-state index is 11.9. The van der Waals surface area contributed by atoms with Gasteiger partial charge in [-0.2, -0.15) is 52.6 Å². The van der Waals surface area contributed by atoms with Crippen LogP contribution in [0.2, 0.25) is 0 Å². The first-order valence-corrected chi connectivity index (χ1v) is 43.5. The second kappa shape index (κ2) is 39.0. The first-order valence-electron chi connectivity index (χ1n) is 43.5. The summed E-state index contributed by atoms with van der Waals surface area (Å²) in [5.41, 5.74) is 53.1. The van der Waals surface area contributed by atoms with Gasteiger partial charge in [0.25, 0.3) is 0 Å². The van der Waals surface area contributed by atoms with Gasteiger partial charge in [0.05, 0.1) is 76.0 Å². The summed E-state index contributed by atoms with van der Waals surface area (Å²) in [4.78, 5) is 38.4. The van der Waals surface area contributed by atoms with E-state index >= 15 is 0 Å². The van der Waals surface area contributed by atoms with Crippen LogP contribution in [0, 0.1) is 127 Å². The van der Waals surface area contributed by atoms with E-state index in [0.717, 1.165) is 85.2 Å². The maximum absolute atomic E-state index is 11.9. The van der Waals surface area contributed by atoms with Crippen LogP contribution in [0.3, 0.4) is 0 Å². The van der Waals surface area contributed by atoms with E-state index in [1.807, 2.05) is 215 Å². The lowest BCUT2D eigenvalue weighted by molar-refractivity contribution is 0.170. The molecule has 0 saturated heterocycles. The van der Waals surface area contributed by atoms with E-state index in [2.05, 4.69) is 104 Å². The zero-order chi connectivity index (χ0) is 99.2. The molecule has 20 aromatic rings. The Hall–Kier alpha value is -20.7. The molecule has 678 valence electrons. The van der Waals surface area contributed by atoms with Gasteiger partial charge < -0.3 is 57.4 Å². The van der Waals surface area contributed by atoms with Crippen molar-refractivity contribution in [2.24, 2.45) is 0 Å². The Labute approximate surface area is 800 Å². The molecule has 1 amide bonds. The second-order valence-corrected chi connectivity index (χ2v) is 31.8. The number of benzene rings is 10. The molecule has 0 aliphatic rings. The minimum atomic E-state index is -0.568. The molecule has 0 radical (unpaired) electrons. The van der Waals surface area contributed by atoms with Gasteiger partial charge in [0.1, 0.15) is 145 Å². The van der Waals surface area contributed by atoms with E-state index in [-0.39, 0.29) is 67.9 Å². The van der Waals surface area contributed by atoms with Crippen molar-refractivity contribution in [1.29, 1.82) is 52.6 Å². The number of carbonyl (C=O) groups is 1. The number of nitrogens with two attached hydrogens (primary N) is 5. The highest BCUT2D eigenvalue weighted by molar-refractivity contribution is 5.99. The molecule has 140 heavy (non-hydrogen) atoms. The smallest absolute Gasteiger partial charge is 0.414 e. The number of anilines is 6. The summed E-state index contributed by atoms with van der Waals surface area (Å²) in [5.74, 6) is 2.83. The Bertz CT molecular complexity index is 8760. The fraction of sp³-hybridized carbons (Fsp3) is 0.111. The van der Waals surface area contributed by atoms with Gasteiger partial charge in [-0.1, -0.05) is 145 Å². The van der Waals surface area contributed by atoms with Crippen LogP contribution >= 0.6 is 0 Å². The lowest BCUT2D eigenvalue weighted by atomic mass is 9.95. The number of fused-ring (bicyclic) bond motifs is 15. The van der Waals surface area contributed by atoms with Gasteiger partial charge >= 0.3 is 6.09 Å². The van der Waals surface area contributed by atoms with Crippen molar-refractivity contribution < 1.29 is 23.7 Å². The number of carbonyl (C=O) groups excluding carboxylic acids is 1. The van der Waals surface area contributed by atoms with Crippen molar-refractivity contribution in [3.63, 3.8) is 0 Å². The summed E-state index contributed by atoms with van der Waals surface area (Å²) in [6, 6.07) is 92.4. The molecular formula is C108H81N27O5. The van der Waals surface area contributed by atoms with E-state index in [0.29, 0.717) is 130 Å². The first kappa shape index (κ1) is 92.6. The number of para-hydroxylation sites is 10. The number of nitrogens with zero attached hydrogens (tertiary/aromatic N) is 22. The van der Waals surface area contributed by atoms with Gasteiger partial charge in [-0.3, -0.25) is 22.0 Å². The van der Waals surface area contributed by atoms with Crippen molar-refractivity contribution in [3.05, 3.63) is 297 Å². The number of aryl methyl sites for hydroxylation is 2. The number of amides is 1. The highest BCUT2D eigenvalue weighted by Crippen LogP contribution is 2.45. The molecule has 0 atom stereocenters. The van der Waals surface area contributed by atoms with E-state index in [9.17, 15) is 57.4 Å². The fourth-order valence-corrected chi connectivity index (χ4v) is 17.2. The van der Waals surface area contributed by atoms with Crippen molar-refractivity contribution in [3.8, 4) is 139 Å². The van der Waals surface area contributed by atoms with Crippen LogP contribution < -0.4 is 52.5 Å². The van der Waals surface area contributed by atoms with Crippen molar-refractivity contribution in [2.45, 2.75) is 34.6 Å². The van der Waals surface area contributed by atoms with Crippen LogP contribution in [0.1, 0.15) is 87.5 Å². The average Bonchev–Trinajstić information content (AvgIpc) is 1.06. The second-order valence-electron chi connectivity index (χ2n) is 31.8. The van der Waals surface area contributed by atoms with Crippen molar-refractivity contribution in [1.82, 2.24) is 51.8 Å². The molecule has 0 unspecified atom stereocenters. The highest BCUT2D eigenvalue weighted by Gasteiger charge is 2.31. The molecule has 0 aliphatic carbocycles. The SMILES string of the molecule is CCN(CC)c1ccc(-c2c(C#N)c(N)n3c(nc4ccccc43)c2C#N)cc1.CCOc1cc(-c2c(C#N)c(N)n3c(nc4ccccc43)c2C#N)ccc1OC.COc1cc(-c2c(C#N)c(N)n3c(nc4ccccc43)c2C#N)ccc1OC(=O)N(C)C.Cc1ccc(-c2c(C#N)c(N)n3c(nc4ccccc43)c2C#N)cc1.Cc1ccc(-c2c(C#N)c(N)n3c(nc4ccccc43)c2C#N)cc1. The largest absolute Gasteiger partial charge is 0.493 e. The van der Waals surface area contributed by atoms with Crippen molar-refractivity contribution >= 4 is 124 Å². The molecule has 32 nitrogen and oxygen atoms in total. The number of ether oxygens (including phenoxy) is 4. The van der Waals surface area contributed by atoms with Crippen LogP contribution in [0.25, 0.3) is 139 Å². The number of pyridine rings is 5. The molecule has 20 rings (SSSR count). The quantitative estimate of drug-likeness (QED) is 0.0715. The van der Waals surface area contributed by atoms with E-state index < -0.39 is 6.09 Å². The molecule has 0 spiro atoms.